The smallest absolute Gasteiger partial charge is 0.357 e. The lowest BCUT2D eigenvalue weighted by atomic mass is 10.5. The first-order chi connectivity index (χ1) is 9.69. The van der Waals surface area contributed by atoms with E-state index in [-0.39, 0.29) is 13.2 Å². The topological polar surface area (TPSA) is 107 Å². The van der Waals surface area contributed by atoms with Crippen LogP contribution in [0, 0.1) is 0 Å². The van der Waals surface area contributed by atoms with Gasteiger partial charge in [0.25, 0.3) is 5.91 Å². The maximum Gasteiger partial charge on any atom is 0.357 e. The fourth-order valence-corrected chi connectivity index (χ4v) is 1.78. The lowest BCUT2D eigenvalue weighted by Gasteiger charge is -1.97. The summed E-state index contributed by atoms with van der Waals surface area (Å²) in [6.07, 6.45) is 2.96. The molecule has 9 heteroatoms. The van der Waals surface area contributed by atoms with Crippen LogP contribution < -0.4 is 5.69 Å². The molecule has 0 amide bonds. The Bertz CT molecular complexity index is 830. The molecule has 0 atom stereocenters. The Morgan fingerprint density at radius 3 is 2.90 bits per heavy atom. The molecular formula is C11H10N6O3. The Morgan fingerprint density at radius 1 is 1.35 bits per heavy atom. The number of carbonyl (C=O) groups is 1. The van der Waals surface area contributed by atoms with E-state index in [1.165, 1.54) is 21.5 Å². The Hall–Kier alpha value is -2.81. The molecule has 3 rings (SSSR count). The van der Waals surface area contributed by atoms with Crippen molar-refractivity contribution in [2.24, 2.45) is 0 Å². The Morgan fingerprint density at radius 2 is 2.20 bits per heavy atom. The van der Waals surface area contributed by atoms with Gasteiger partial charge in [-0.3, -0.25) is 4.79 Å². The quantitative estimate of drug-likeness (QED) is 0.651. The molecular weight excluding hydrogens is 264 g/mol. The van der Waals surface area contributed by atoms with Crippen LogP contribution in [0.4, 0.5) is 0 Å². The average Bonchev–Trinajstić information content (AvgIpc) is 3.04. The summed E-state index contributed by atoms with van der Waals surface area (Å²) in [6.45, 7) is -0.445. The average molecular weight is 274 g/mol. The number of pyridine rings is 1. The van der Waals surface area contributed by atoms with Crippen LogP contribution in [-0.2, 0) is 13.2 Å². The zero-order chi connectivity index (χ0) is 14.1. The SMILES string of the molecule is O=C(Cn1cc(CO)nn1)n1nc2ccccn2c1=O. The first-order valence-corrected chi connectivity index (χ1v) is 5.78. The van der Waals surface area contributed by atoms with E-state index in [0.717, 1.165) is 4.68 Å². The molecule has 0 aliphatic heterocycles. The molecule has 0 bridgehead atoms. The monoisotopic (exact) mass is 274 g/mol. The molecule has 9 nitrogen and oxygen atoms in total. The molecule has 0 radical (unpaired) electrons. The van der Waals surface area contributed by atoms with Crippen LogP contribution in [0.3, 0.4) is 0 Å². The molecule has 0 unspecified atom stereocenters. The van der Waals surface area contributed by atoms with Crippen molar-refractivity contribution in [3.8, 4) is 0 Å². The third-order valence-electron chi connectivity index (χ3n) is 2.71. The summed E-state index contributed by atoms with van der Waals surface area (Å²) in [6, 6.07) is 5.03. The molecule has 3 heterocycles. The predicted octanol–water partition coefficient (Wildman–Crippen LogP) is -1.08. The molecule has 3 aromatic rings. The minimum absolute atomic E-state index is 0.184. The van der Waals surface area contributed by atoms with Gasteiger partial charge in [-0.1, -0.05) is 11.3 Å². The summed E-state index contributed by atoms with van der Waals surface area (Å²) >= 11 is 0. The second-order valence-electron chi connectivity index (χ2n) is 4.08. The van der Waals surface area contributed by atoms with E-state index in [0.29, 0.717) is 11.3 Å². The van der Waals surface area contributed by atoms with Gasteiger partial charge in [0.2, 0.25) is 0 Å². The lowest BCUT2D eigenvalue weighted by molar-refractivity contribution is 0.0865. The fraction of sp³-hybridized carbons (Fsp3) is 0.182. The molecule has 0 spiro atoms. The molecule has 20 heavy (non-hydrogen) atoms. The van der Waals surface area contributed by atoms with E-state index < -0.39 is 11.6 Å². The highest BCUT2D eigenvalue weighted by Crippen LogP contribution is 1.97. The van der Waals surface area contributed by atoms with Gasteiger partial charge in [-0.25, -0.2) is 13.9 Å². The third kappa shape index (κ3) is 1.99. The van der Waals surface area contributed by atoms with E-state index in [9.17, 15) is 9.59 Å². The van der Waals surface area contributed by atoms with Crippen molar-refractivity contribution < 1.29 is 9.90 Å². The highest BCUT2D eigenvalue weighted by Gasteiger charge is 2.14. The lowest BCUT2D eigenvalue weighted by Crippen LogP contribution is -2.30. The number of aromatic nitrogens is 6. The van der Waals surface area contributed by atoms with Gasteiger partial charge < -0.3 is 5.11 Å². The van der Waals surface area contributed by atoms with Crippen LogP contribution in [0.15, 0.2) is 35.4 Å². The maximum atomic E-state index is 12.0. The highest BCUT2D eigenvalue weighted by molar-refractivity contribution is 5.77. The first-order valence-electron chi connectivity index (χ1n) is 5.78. The molecule has 0 saturated heterocycles. The van der Waals surface area contributed by atoms with E-state index in [4.69, 9.17) is 5.11 Å². The number of rotatable bonds is 3. The molecule has 0 aliphatic carbocycles. The van der Waals surface area contributed by atoms with Gasteiger partial charge in [-0.2, -0.15) is 0 Å². The summed E-state index contributed by atoms with van der Waals surface area (Å²) in [4.78, 5) is 24.0. The molecule has 1 N–H and O–H groups in total. The zero-order valence-corrected chi connectivity index (χ0v) is 10.2. The van der Waals surface area contributed by atoms with Crippen LogP contribution >= 0.6 is 0 Å². The molecule has 0 fully saturated rings. The summed E-state index contributed by atoms with van der Waals surface area (Å²) < 4.78 is 3.30. The van der Waals surface area contributed by atoms with Crippen LogP contribution in [-0.4, -0.2) is 40.2 Å². The van der Waals surface area contributed by atoms with Gasteiger partial charge in [-0.05, 0) is 12.1 Å². The number of hydrogen-bond acceptors (Lipinski definition) is 6. The normalized spacial score (nSPS) is 11.1. The van der Waals surface area contributed by atoms with Crippen molar-refractivity contribution in [3.63, 3.8) is 0 Å². The highest BCUT2D eigenvalue weighted by atomic mass is 16.3. The van der Waals surface area contributed by atoms with Crippen molar-refractivity contribution in [1.82, 2.24) is 29.2 Å². The maximum absolute atomic E-state index is 12.0. The van der Waals surface area contributed by atoms with Crippen molar-refractivity contribution in [2.75, 3.05) is 0 Å². The van der Waals surface area contributed by atoms with Crippen molar-refractivity contribution in [1.29, 1.82) is 0 Å². The predicted molar refractivity (Wildman–Crippen MR) is 66.0 cm³/mol. The van der Waals surface area contributed by atoms with Crippen LogP contribution in [0.25, 0.3) is 5.65 Å². The van der Waals surface area contributed by atoms with E-state index in [2.05, 4.69) is 15.4 Å². The standard InChI is InChI=1S/C11H10N6O3/c18-7-8-5-15(14-12-8)6-10(19)17-11(20)16-4-2-1-3-9(16)13-17/h1-5,18H,6-7H2. The Balaban J connectivity index is 1.92. The summed E-state index contributed by atoms with van der Waals surface area (Å²) in [5, 5.41) is 20.1. The van der Waals surface area contributed by atoms with Gasteiger partial charge in [-0.15, -0.1) is 14.9 Å². The number of fused-ring (bicyclic) bond motifs is 1. The summed E-state index contributed by atoms with van der Waals surface area (Å²) in [7, 11) is 0. The Labute approximate surface area is 111 Å². The largest absolute Gasteiger partial charge is 0.390 e. The number of carbonyl (C=O) groups excluding carboxylic acids is 1. The molecule has 0 aromatic carbocycles. The van der Waals surface area contributed by atoms with E-state index in [1.54, 1.807) is 18.2 Å². The number of hydrogen-bond donors (Lipinski definition) is 1. The second-order valence-corrected chi connectivity index (χ2v) is 4.08. The van der Waals surface area contributed by atoms with Gasteiger partial charge >= 0.3 is 5.69 Å². The third-order valence-corrected chi connectivity index (χ3v) is 2.71. The number of aliphatic hydroxyl groups excluding tert-OH is 1. The second kappa shape index (κ2) is 4.70. The van der Waals surface area contributed by atoms with E-state index >= 15 is 0 Å². The van der Waals surface area contributed by atoms with Crippen LogP contribution in [0.2, 0.25) is 0 Å². The van der Waals surface area contributed by atoms with Gasteiger partial charge in [0.05, 0.1) is 12.8 Å². The Kier molecular flexibility index (Phi) is 2.88. The number of aliphatic hydroxyl groups is 1. The summed E-state index contributed by atoms with van der Waals surface area (Å²) in [5.74, 6) is -0.534. The van der Waals surface area contributed by atoms with Gasteiger partial charge in [0.1, 0.15) is 12.2 Å². The minimum atomic E-state index is -0.534. The van der Waals surface area contributed by atoms with Crippen molar-refractivity contribution in [2.45, 2.75) is 13.2 Å². The van der Waals surface area contributed by atoms with Crippen molar-refractivity contribution >= 4 is 11.6 Å². The number of nitrogens with zero attached hydrogens (tertiary/aromatic N) is 6. The molecule has 0 saturated carbocycles. The summed E-state index contributed by atoms with van der Waals surface area (Å²) in [5.41, 5.74) is 0.203. The zero-order valence-electron chi connectivity index (χ0n) is 10.2. The van der Waals surface area contributed by atoms with Crippen LogP contribution in [0.1, 0.15) is 10.5 Å². The molecule has 3 aromatic heterocycles. The van der Waals surface area contributed by atoms with E-state index in [1.807, 2.05) is 0 Å². The van der Waals surface area contributed by atoms with Gasteiger partial charge in [0.15, 0.2) is 5.65 Å². The molecule has 102 valence electrons. The molecule has 0 aliphatic rings. The van der Waals surface area contributed by atoms with Crippen LogP contribution in [0.5, 0.6) is 0 Å². The minimum Gasteiger partial charge on any atom is -0.390 e. The van der Waals surface area contributed by atoms with Gasteiger partial charge in [0, 0.05) is 6.20 Å². The fourth-order valence-electron chi connectivity index (χ4n) is 1.78. The first kappa shape index (κ1) is 12.2. The van der Waals surface area contributed by atoms with Crippen molar-refractivity contribution in [3.05, 3.63) is 46.8 Å².